The van der Waals surface area contributed by atoms with Gasteiger partial charge in [0.1, 0.15) is 11.4 Å². The maximum absolute atomic E-state index is 13.0. The highest BCUT2D eigenvalue weighted by Crippen LogP contribution is 2.29. The van der Waals surface area contributed by atoms with Gasteiger partial charge in [0.25, 0.3) is 5.91 Å². The normalized spacial score (nSPS) is 12.0. The first kappa shape index (κ1) is 22.0. The van der Waals surface area contributed by atoms with Gasteiger partial charge in [-0.1, -0.05) is 6.92 Å². The number of nitriles is 1. The van der Waals surface area contributed by atoms with E-state index in [2.05, 4.69) is 15.4 Å². The van der Waals surface area contributed by atoms with Gasteiger partial charge in [-0.05, 0) is 18.2 Å². The highest BCUT2D eigenvalue weighted by molar-refractivity contribution is 7.91. The summed E-state index contributed by atoms with van der Waals surface area (Å²) in [5.41, 5.74) is -2.54. The van der Waals surface area contributed by atoms with Crippen molar-refractivity contribution in [2.45, 2.75) is 18.0 Å². The predicted octanol–water partition coefficient (Wildman–Crippen LogP) is 0.946. The summed E-state index contributed by atoms with van der Waals surface area (Å²) in [7, 11) is -4.04. The van der Waals surface area contributed by atoms with Gasteiger partial charge in [-0.2, -0.15) is 23.1 Å². The van der Waals surface area contributed by atoms with Crippen molar-refractivity contribution in [1.82, 2.24) is 24.5 Å². The number of halogens is 3. The first-order valence-corrected chi connectivity index (χ1v) is 10.2. The number of hydrogen-bond acceptors (Lipinski definition) is 7. The molecule has 3 rings (SSSR count). The van der Waals surface area contributed by atoms with Crippen molar-refractivity contribution >= 4 is 21.4 Å². The molecule has 3 aromatic heterocycles. The number of rotatable bonds is 5. The number of pyridine rings is 2. The number of sulfone groups is 1. The second kappa shape index (κ2) is 7.84. The van der Waals surface area contributed by atoms with E-state index in [9.17, 15) is 31.2 Å². The van der Waals surface area contributed by atoms with Crippen LogP contribution in [-0.2, 0) is 16.0 Å². The molecule has 0 aliphatic rings. The summed E-state index contributed by atoms with van der Waals surface area (Å²) in [5, 5.41) is 14.6. The van der Waals surface area contributed by atoms with E-state index in [-0.39, 0.29) is 17.8 Å². The van der Waals surface area contributed by atoms with Crippen LogP contribution >= 0.6 is 0 Å². The summed E-state index contributed by atoms with van der Waals surface area (Å²) in [6.07, 6.45) is -3.20. The molecule has 0 aromatic carbocycles. The molecule has 0 saturated heterocycles. The molecule has 0 saturated carbocycles. The van der Waals surface area contributed by atoms with Crippen LogP contribution in [0.4, 0.5) is 13.2 Å². The van der Waals surface area contributed by atoms with Crippen molar-refractivity contribution in [2.24, 2.45) is 0 Å². The summed E-state index contributed by atoms with van der Waals surface area (Å²) in [6.45, 7) is 0.994. The lowest BCUT2D eigenvalue weighted by Gasteiger charge is -2.09. The van der Waals surface area contributed by atoms with Gasteiger partial charge < -0.3 is 5.32 Å². The standard InChI is InChI=1S/C17H13F3N6O4S/c1-2-31(29,30)12-7-10(15(27)22-6-5-21)8-23-14(12)26-16(28)25-9-11(17(18,19)20)3-4-13(25)24-26/h3-4,7-9H,2,6H2,1H3,(H,22,27). The third-order valence-electron chi connectivity index (χ3n) is 4.18. The SMILES string of the molecule is CCS(=O)(=O)c1cc(C(=O)NCC#N)cnc1-n1nc2ccc(C(F)(F)F)cn2c1=O. The van der Waals surface area contributed by atoms with Crippen molar-refractivity contribution < 1.29 is 26.4 Å². The molecule has 162 valence electrons. The van der Waals surface area contributed by atoms with Gasteiger partial charge in [-0.3, -0.25) is 4.79 Å². The quantitative estimate of drug-likeness (QED) is 0.566. The molecule has 0 aliphatic carbocycles. The number of aromatic nitrogens is 4. The lowest BCUT2D eigenvalue weighted by molar-refractivity contribution is -0.137. The average molecular weight is 454 g/mol. The Kier molecular flexibility index (Phi) is 5.55. The van der Waals surface area contributed by atoms with Gasteiger partial charge in [0.2, 0.25) is 0 Å². The second-order valence-corrected chi connectivity index (χ2v) is 8.37. The Bertz CT molecular complexity index is 1390. The molecule has 31 heavy (non-hydrogen) atoms. The van der Waals surface area contributed by atoms with Gasteiger partial charge in [0.15, 0.2) is 21.3 Å². The van der Waals surface area contributed by atoms with E-state index < -0.39 is 49.6 Å². The highest BCUT2D eigenvalue weighted by Gasteiger charge is 2.31. The summed E-state index contributed by atoms with van der Waals surface area (Å²) >= 11 is 0. The van der Waals surface area contributed by atoms with E-state index in [0.29, 0.717) is 15.3 Å². The summed E-state index contributed by atoms with van der Waals surface area (Å²) in [5.74, 6) is -1.66. The number of fused-ring (bicyclic) bond motifs is 1. The number of amides is 1. The van der Waals surface area contributed by atoms with Gasteiger partial charge in [-0.25, -0.2) is 22.6 Å². The summed E-state index contributed by atoms with van der Waals surface area (Å²) < 4.78 is 65.2. The Labute approximate surface area is 172 Å². The van der Waals surface area contributed by atoms with E-state index in [4.69, 9.17) is 5.26 Å². The maximum Gasteiger partial charge on any atom is 0.417 e. The smallest absolute Gasteiger partial charge is 0.339 e. The zero-order chi connectivity index (χ0) is 23.0. The molecular formula is C17H13F3N6O4S. The Hall–Kier alpha value is -3.73. The zero-order valence-electron chi connectivity index (χ0n) is 15.7. The number of carbonyl (C=O) groups is 1. The summed E-state index contributed by atoms with van der Waals surface area (Å²) in [6, 6.07) is 4.34. The highest BCUT2D eigenvalue weighted by atomic mass is 32.2. The van der Waals surface area contributed by atoms with Crippen LogP contribution in [0.3, 0.4) is 0 Å². The van der Waals surface area contributed by atoms with Crippen molar-refractivity contribution in [3.63, 3.8) is 0 Å². The van der Waals surface area contributed by atoms with Crippen LogP contribution in [-0.4, -0.2) is 45.8 Å². The number of carbonyl (C=O) groups excluding carboxylic acids is 1. The fraction of sp³-hybridized carbons (Fsp3) is 0.235. The number of alkyl halides is 3. The van der Waals surface area contributed by atoms with Gasteiger partial charge in [-0.15, -0.1) is 5.10 Å². The van der Waals surface area contributed by atoms with Crippen LogP contribution in [0.5, 0.6) is 0 Å². The van der Waals surface area contributed by atoms with E-state index >= 15 is 0 Å². The van der Waals surface area contributed by atoms with E-state index in [0.717, 1.165) is 24.4 Å². The molecule has 1 amide bonds. The van der Waals surface area contributed by atoms with Gasteiger partial charge >= 0.3 is 11.9 Å². The minimum absolute atomic E-state index is 0.171. The second-order valence-electron chi connectivity index (χ2n) is 6.13. The number of hydrogen-bond donors (Lipinski definition) is 1. The molecule has 0 fully saturated rings. The van der Waals surface area contributed by atoms with Crippen LogP contribution in [0.1, 0.15) is 22.8 Å². The molecule has 10 nitrogen and oxygen atoms in total. The Morgan fingerprint density at radius 1 is 1.32 bits per heavy atom. The molecule has 3 aromatic rings. The van der Waals surface area contributed by atoms with Crippen molar-refractivity contribution in [2.75, 3.05) is 12.3 Å². The van der Waals surface area contributed by atoms with Crippen molar-refractivity contribution in [3.05, 3.63) is 52.2 Å². The zero-order valence-corrected chi connectivity index (χ0v) is 16.5. The maximum atomic E-state index is 13.0. The predicted molar refractivity (Wildman–Crippen MR) is 99.3 cm³/mol. The third-order valence-corrected chi connectivity index (χ3v) is 5.91. The molecule has 1 N–H and O–H groups in total. The molecule has 0 radical (unpaired) electrons. The Balaban J connectivity index is 2.23. The van der Waals surface area contributed by atoms with Crippen molar-refractivity contribution in [3.8, 4) is 11.9 Å². The van der Waals surface area contributed by atoms with Crippen LogP contribution in [0.25, 0.3) is 11.5 Å². The third kappa shape index (κ3) is 4.12. The van der Waals surface area contributed by atoms with Crippen LogP contribution in [0, 0.1) is 11.3 Å². The van der Waals surface area contributed by atoms with Gasteiger partial charge in [0, 0.05) is 12.4 Å². The van der Waals surface area contributed by atoms with Crippen LogP contribution in [0.15, 0.2) is 40.3 Å². The lowest BCUT2D eigenvalue weighted by atomic mass is 10.2. The topological polar surface area (TPSA) is 139 Å². The molecule has 0 unspecified atom stereocenters. The Morgan fingerprint density at radius 2 is 2.03 bits per heavy atom. The largest absolute Gasteiger partial charge is 0.417 e. The lowest BCUT2D eigenvalue weighted by Crippen LogP contribution is -2.26. The van der Waals surface area contributed by atoms with E-state index in [1.807, 2.05) is 0 Å². The minimum atomic E-state index is -4.71. The first-order valence-electron chi connectivity index (χ1n) is 8.56. The number of nitrogens with one attached hydrogen (secondary N) is 1. The van der Waals surface area contributed by atoms with Crippen LogP contribution in [0.2, 0.25) is 0 Å². The fourth-order valence-corrected chi connectivity index (χ4v) is 3.64. The first-order chi connectivity index (χ1) is 14.5. The molecule has 0 bridgehead atoms. The molecule has 0 spiro atoms. The molecule has 3 heterocycles. The fourth-order valence-electron chi connectivity index (χ4n) is 2.61. The minimum Gasteiger partial charge on any atom is -0.339 e. The van der Waals surface area contributed by atoms with E-state index in [1.54, 1.807) is 6.07 Å². The Morgan fingerprint density at radius 3 is 2.65 bits per heavy atom. The van der Waals surface area contributed by atoms with E-state index in [1.165, 1.54) is 6.92 Å². The summed E-state index contributed by atoms with van der Waals surface area (Å²) in [4.78, 5) is 28.1. The van der Waals surface area contributed by atoms with Crippen LogP contribution < -0.4 is 11.0 Å². The van der Waals surface area contributed by atoms with Crippen molar-refractivity contribution in [1.29, 1.82) is 5.26 Å². The monoisotopic (exact) mass is 454 g/mol. The molecule has 0 atom stereocenters. The average Bonchev–Trinajstić information content (AvgIpc) is 3.06. The van der Waals surface area contributed by atoms with Gasteiger partial charge in [0.05, 0.1) is 22.9 Å². The molecular weight excluding hydrogens is 441 g/mol. The molecule has 0 aliphatic heterocycles. The molecule has 14 heteroatoms. The number of nitrogens with zero attached hydrogens (tertiary/aromatic N) is 5.